The number of benzene rings is 2. The maximum absolute atomic E-state index is 14.6. The molecule has 3 aromatic rings. The van der Waals surface area contributed by atoms with Crippen LogP contribution in [0.15, 0.2) is 36.5 Å². The van der Waals surface area contributed by atoms with E-state index in [0.29, 0.717) is 22.2 Å². The number of carbonyl (C=O) groups excluding carboxylic acids is 1. The fraction of sp³-hybridized carbons (Fsp3) is 0.273. The van der Waals surface area contributed by atoms with Crippen LogP contribution in [0.25, 0.3) is 0 Å². The minimum absolute atomic E-state index is 0.0317. The second-order valence-electron chi connectivity index (χ2n) is 7.14. The van der Waals surface area contributed by atoms with Gasteiger partial charge < -0.3 is 14.8 Å². The average Bonchev–Trinajstić information content (AvgIpc) is 3.07. The van der Waals surface area contributed by atoms with Gasteiger partial charge in [-0.05, 0) is 32.4 Å². The highest BCUT2D eigenvalue weighted by atomic mass is 35.5. The number of anilines is 1. The van der Waals surface area contributed by atoms with Crippen molar-refractivity contribution in [1.82, 2.24) is 9.78 Å². The predicted molar refractivity (Wildman–Crippen MR) is 114 cm³/mol. The average molecular weight is 450 g/mol. The predicted octanol–water partition coefficient (Wildman–Crippen LogP) is 5.54. The maximum Gasteiger partial charge on any atom is 0.261 e. The van der Waals surface area contributed by atoms with Crippen molar-refractivity contribution in [3.05, 3.63) is 70.0 Å². The molecule has 0 fully saturated rings. The Bertz CT molecular complexity index is 1090. The van der Waals surface area contributed by atoms with Gasteiger partial charge in [-0.25, -0.2) is 8.78 Å². The number of amides is 1. The van der Waals surface area contributed by atoms with Gasteiger partial charge in [-0.3, -0.25) is 9.48 Å². The standard InChI is InChI=1S/C22H22ClF2N3O3/c1-12(2)28-19(15(23)10-26-28)11-31-14-8-16(24)20(17(25)9-14)22(29)27-18-7-5-6-13(3)21(18)30-4/h5-10,12H,11H2,1-4H3,(H,27,29). The number of aryl methyl sites for hydroxylation is 1. The van der Waals surface area contributed by atoms with E-state index >= 15 is 0 Å². The van der Waals surface area contributed by atoms with Crippen LogP contribution < -0.4 is 14.8 Å². The summed E-state index contributed by atoms with van der Waals surface area (Å²) < 4.78 is 41.7. The lowest BCUT2D eigenvalue weighted by Gasteiger charge is -2.14. The highest BCUT2D eigenvalue weighted by Crippen LogP contribution is 2.30. The Kier molecular flexibility index (Phi) is 6.80. The molecule has 0 spiro atoms. The molecule has 1 N–H and O–H groups in total. The Morgan fingerprint density at radius 2 is 1.94 bits per heavy atom. The minimum atomic E-state index is -1.05. The number of ether oxygens (including phenoxy) is 2. The molecule has 1 heterocycles. The Morgan fingerprint density at radius 3 is 2.55 bits per heavy atom. The third-order valence-corrected chi connectivity index (χ3v) is 4.94. The first-order chi connectivity index (χ1) is 14.7. The number of rotatable bonds is 7. The number of aromatic nitrogens is 2. The fourth-order valence-corrected chi connectivity index (χ4v) is 3.34. The molecule has 3 rings (SSSR count). The lowest BCUT2D eigenvalue weighted by Crippen LogP contribution is -2.17. The van der Waals surface area contributed by atoms with Crippen molar-refractivity contribution < 1.29 is 23.0 Å². The fourth-order valence-electron chi connectivity index (χ4n) is 3.16. The van der Waals surface area contributed by atoms with Crippen molar-refractivity contribution in [3.63, 3.8) is 0 Å². The number of halogens is 3. The summed E-state index contributed by atoms with van der Waals surface area (Å²) in [5.41, 5.74) is 0.930. The van der Waals surface area contributed by atoms with Crippen LogP contribution in [-0.4, -0.2) is 22.8 Å². The lowest BCUT2D eigenvalue weighted by atomic mass is 10.1. The van der Waals surface area contributed by atoms with Crippen molar-refractivity contribution >= 4 is 23.2 Å². The number of carbonyl (C=O) groups is 1. The number of para-hydroxylation sites is 1. The molecule has 0 atom stereocenters. The van der Waals surface area contributed by atoms with Gasteiger partial charge in [-0.2, -0.15) is 5.10 Å². The van der Waals surface area contributed by atoms with E-state index in [9.17, 15) is 13.6 Å². The largest absolute Gasteiger partial charge is 0.494 e. The molecule has 6 nitrogen and oxygen atoms in total. The van der Waals surface area contributed by atoms with Gasteiger partial charge in [0, 0.05) is 18.2 Å². The van der Waals surface area contributed by atoms with Crippen molar-refractivity contribution in [2.45, 2.75) is 33.4 Å². The summed E-state index contributed by atoms with van der Waals surface area (Å²) in [5.74, 6) is -2.71. The molecule has 2 aromatic carbocycles. The van der Waals surface area contributed by atoms with E-state index in [1.807, 2.05) is 13.8 Å². The highest BCUT2D eigenvalue weighted by Gasteiger charge is 2.21. The minimum Gasteiger partial charge on any atom is -0.494 e. The van der Waals surface area contributed by atoms with Crippen molar-refractivity contribution in [2.75, 3.05) is 12.4 Å². The van der Waals surface area contributed by atoms with E-state index in [2.05, 4.69) is 10.4 Å². The summed E-state index contributed by atoms with van der Waals surface area (Å²) >= 11 is 6.12. The van der Waals surface area contributed by atoms with Crippen molar-refractivity contribution in [3.8, 4) is 11.5 Å². The Labute approximate surface area is 183 Å². The van der Waals surface area contributed by atoms with E-state index in [1.165, 1.54) is 13.3 Å². The second kappa shape index (κ2) is 9.34. The first-order valence-corrected chi connectivity index (χ1v) is 9.89. The van der Waals surface area contributed by atoms with E-state index < -0.39 is 23.1 Å². The summed E-state index contributed by atoms with van der Waals surface area (Å²) in [6.45, 7) is 5.59. The van der Waals surface area contributed by atoms with Gasteiger partial charge in [-0.1, -0.05) is 23.7 Å². The van der Waals surface area contributed by atoms with Crippen LogP contribution in [0, 0.1) is 18.6 Å². The molecule has 31 heavy (non-hydrogen) atoms. The summed E-state index contributed by atoms with van der Waals surface area (Å²) in [4.78, 5) is 12.5. The molecule has 0 aliphatic rings. The molecule has 0 aliphatic carbocycles. The smallest absolute Gasteiger partial charge is 0.261 e. The molecule has 0 saturated carbocycles. The molecule has 0 aliphatic heterocycles. The molecule has 0 unspecified atom stereocenters. The van der Waals surface area contributed by atoms with Crippen LogP contribution in [-0.2, 0) is 6.61 Å². The summed E-state index contributed by atoms with van der Waals surface area (Å²) in [5, 5.41) is 7.03. The van der Waals surface area contributed by atoms with Gasteiger partial charge in [-0.15, -0.1) is 0 Å². The topological polar surface area (TPSA) is 65.4 Å². The highest BCUT2D eigenvalue weighted by molar-refractivity contribution is 6.31. The molecular weight excluding hydrogens is 428 g/mol. The number of methoxy groups -OCH3 is 1. The van der Waals surface area contributed by atoms with Gasteiger partial charge in [0.2, 0.25) is 0 Å². The van der Waals surface area contributed by atoms with Crippen molar-refractivity contribution in [1.29, 1.82) is 0 Å². The monoisotopic (exact) mass is 449 g/mol. The third-order valence-electron chi connectivity index (χ3n) is 4.62. The Hall–Kier alpha value is -3.13. The zero-order chi connectivity index (χ0) is 22.7. The summed E-state index contributed by atoms with van der Waals surface area (Å²) in [6.07, 6.45) is 1.48. The van der Waals surface area contributed by atoms with Crippen molar-refractivity contribution in [2.24, 2.45) is 0 Å². The van der Waals surface area contributed by atoms with E-state index in [1.54, 1.807) is 29.8 Å². The maximum atomic E-state index is 14.6. The number of hydrogen-bond acceptors (Lipinski definition) is 4. The number of hydrogen-bond donors (Lipinski definition) is 1. The molecule has 164 valence electrons. The first-order valence-electron chi connectivity index (χ1n) is 9.51. The Morgan fingerprint density at radius 1 is 1.26 bits per heavy atom. The molecule has 9 heteroatoms. The van der Waals surface area contributed by atoms with Crippen LogP contribution in [0.3, 0.4) is 0 Å². The molecule has 1 amide bonds. The van der Waals surface area contributed by atoms with Gasteiger partial charge in [0.25, 0.3) is 5.91 Å². The first kappa shape index (κ1) is 22.6. The lowest BCUT2D eigenvalue weighted by molar-refractivity contribution is 0.101. The van der Waals surface area contributed by atoms with Gasteiger partial charge >= 0.3 is 0 Å². The normalized spacial score (nSPS) is 11.0. The third kappa shape index (κ3) is 4.80. The molecule has 0 saturated heterocycles. The molecule has 1 aromatic heterocycles. The zero-order valence-electron chi connectivity index (χ0n) is 17.5. The number of nitrogens with one attached hydrogen (secondary N) is 1. The Balaban J connectivity index is 1.80. The molecular formula is C22H22ClF2N3O3. The summed E-state index contributed by atoms with van der Waals surface area (Å²) in [7, 11) is 1.45. The summed E-state index contributed by atoms with van der Waals surface area (Å²) in [6, 6.07) is 7.01. The van der Waals surface area contributed by atoms with Crippen LogP contribution in [0.2, 0.25) is 5.02 Å². The SMILES string of the molecule is COc1c(C)cccc1NC(=O)c1c(F)cc(OCc2c(Cl)cnn2C(C)C)cc1F. The van der Waals surface area contributed by atoms with E-state index in [4.69, 9.17) is 21.1 Å². The van der Waals surface area contributed by atoms with E-state index in [-0.39, 0.29) is 18.4 Å². The van der Waals surface area contributed by atoms with Gasteiger partial charge in [0.05, 0.1) is 29.7 Å². The van der Waals surface area contributed by atoms with Gasteiger partial charge in [0.15, 0.2) is 0 Å². The van der Waals surface area contributed by atoms with Crippen LogP contribution >= 0.6 is 11.6 Å². The van der Waals surface area contributed by atoms with E-state index in [0.717, 1.165) is 17.7 Å². The zero-order valence-corrected chi connectivity index (χ0v) is 18.3. The van der Waals surface area contributed by atoms with Crippen LogP contribution in [0.1, 0.15) is 41.5 Å². The number of nitrogens with zero attached hydrogens (tertiary/aromatic N) is 2. The molecule has 0 radical (unpaired) electrons. The molecule has 0 bridgehead atoms. The van der Waals surface area contributed by atoms with Gasteiger partial charge in [0.1, 0.15) is 35.3 Å². The quantitative estimate of drug-likeness (QED) is 0.514. The second-order valence-corrected chi connectivity index (χ2v) is 7.55. The van der Waals surface area contributed by atoms with Crippen LogP contribution in [0.5, 0.6) is 11.5 Å². The van der Waals surface area contributed by atoms with Crippen LogP contribution in [0.4, 0.5) is 14.5 Å².